The Hall–Kier alpha value is -3.54. The van der Waals surface area contributed by atoms with Gasteiger partial charge in [-0.2, -0.15) is 0 Å². The van der Waals surface area contributed by atoms with Crippen molar-refractivity contribution in [3.8, 4) is 11.5 Å². The van der Waals surface area contributed by atoms with E-state index in [9.17, 15) is 9.59 Å². The Morgan fingerprint density at radius 2 is 1.57 bits per heavy atom. The van der Waals surface area contributed by atoms with Gasteiger partial charge < -0.3 is 9.47 Å². The maximum Gasteiger partial charge on any atom is 0.279 e. The number of nitrogens with one attached hydrogen (secondary N) is 2. The number of ether oxygens (including phenoxy) is 2. The molecular formula is C22H22N2O4. The van der Waals surface area contributed by atoms with Gasteiger partial charge >= 0.3 is 0 Å². The molecule has 2 N–H and O–H groups in total. The molecule has 0 spiro atoms. The number of fused-ring (bicyclic) bond motifs is 1. The Bertz CT molecular complexity index is 970. The highest BCUT2D eigenvalue weighted by Crippen LogP contribution is 2.21. The third kappa shape index (κ3) is 4.79. The second kappa shape index (κ2) is 8.90. The van der Waals surface area contributed by atoms with E-state index in [-0.39, 0.29) is 0 Å². The second-order valence-corrected chi connectivity index (χ2v) is 6.17. The summed E-state index contributed by atoms with van der Waals surface area (Å²) in [5, 5.41) is 2.12. The highest BCUT2D eigenvalue weighted by atomic mass is 16.5. The summed E-state index contributed by atoms with van der Waals surface area (Å²) in [6.07, 6.45) is -0.776. The zero-order chi connectivity index (χ0) is 19.9. The first-order valence-electron chi connectivity index (χ1n) is 9.05. The Kier molecular flexibility index (Phi) is 6.11. The van der Waals surface area contributed by atoms with Gasteiger partial charge in [-0.3, -0.25) is 20.4 Å². The molecule has 3 aromatic carbocycles. The summed E-state index contributed by atoms with van der Waals surface area (Å²) in [7, 11) is 0. The van der Waals surface area contributed by atoms with E-state index in [1.807, 2.05) is 49.4 Å². The van der Waals surface area contributed by atoms with Crippen LogP contribution in [0.25, 0.3) is 10.8 Å². The highest BCUT2D eigenvalue weighted by Gasteiger charge is 2.16. The van der Waals surface area contributed by atoms with E-state index in [1.165, 1.54) is 0 Å². The van der Waals surface area contributed by atoms with Crippen molar-refractivity contribution in [2.75, 3.05) is 6.61 Å². The smallest absolute Gasteiger partial charge is 0.279 e. The van der Waals surface area contributed by atoms with Crippen LogP contribution in [0.2, 0.25) is 0 Å². The van der Waals surface area contributed by atoms with Crippen molar-refractivity contribution in [2.24, 2.45) is 0 Å². The van der Waals surface area contributed by atoms with E-state index in [1.54, 1.807) is 31.2 Å². The SMILES string of the molecule is CCOc1ccc(C(=O)NNC(=O)[C@H](C)Oc2ccc3ccccc3c2)cc1. The number of hydrogen-bond donors (Lipinski definition) is 2. The Morgan fingerprint density at radius 3 is 2.29 bits per heavy atom. The molecular weight excluding hydrogens is 356 g/mol. The number of hydrogen-bond acceptors (Lipinski definition) is 4. The molecule has 0 unspecified atom stereocenters. The van der Waals surface area contributed by atoms with E-state index in [4.69, 9.17) is 9.47 Å². The zero-order valence-electron chi connectivity index (χ0n) is 15.8. The van der Waals surface area contributed by atoms with Crippen LogP contribution in [0.4, 0.5) is 0 Å². The summed E-state index contributed by atoms with van der Waals surface area (Å²) in [6, 6.07) is 20.2. The molecule has 3 rings (SSSR count). The van der Waals surface area contributed by atoms with Crippen LogP contribution in [0.3, 0.4) is 0 Å². The van der Waals surface area contributed by atoms with E-state index < -0.39 is 17.9 Å². The number of rotatable bonds is 6. The molecule has 0 heterocycles. The van der Waals surface area contributed by atoms with Gasteiger partial charge in [-0.05, 0) is 61.0 Å². The first-order chi connectivity index (χ1) is 13.6. The summed E-state index contributed by atoms with van der Waals surface area (Å²) in [5.41, 5.74) is 5.18. The van der Waals surface area contributed by atoms with Gasteiger partial charge in [0.25, 0.3) is 11.8 Å². The van der Waals surface area contributed by atoms with Crippen LogP contribution in [-0.4, -0.2) is 24.5 Å². The largest absolute Gasteiger partial charge is 0.494 e. The third-order valence-electron chi connectivity index (χ3n) is 4.13. The van der Waals surface area contributed by atoms with Crippen LogP contribution in [0.15, 0.2) is 66.7 Å². The molecule has 0 aromatic heterocycles. The summed E-state index contributed by atoms with van der Waals surface area (Å²) in [6.45, 7) is 4.06. The minimum absolute atomic E-state index is 0.409. The summed E-state index contributed by atoms with van der Waals surface area (Å²) >= 11 is 0. The number of carbonyl (C=O) groups excluding carboxylic acids is 2. The lowest BCUT2D eigenvalue weighted by atomic mass is 10.1. The molecule has 0 aliphatic heterocycles. The molecule has 6 nitrogen and oxygen atoms in total. The maximum absolute atomic E-state index is 12.2. The van der Waals surface area contributed by atoms with Crippen LogP contribution < -0.4 is 20.3 Å². The molecule has 144 valence electrons. The Morgan fingerprint density at radius 1 is 0.893 bits per heavy atom. The van der Waals surface area contributed by atoms with Gasteiger partial charge in [0, 0.05) is 5.56 Å². The van der Waals surface area contributed by atoms with Gasteiger partial charge in [-0.15, -0.1) is 0 Å². The van der Waals surface area contributed by atoms with Crippen molar-refractivity contribution in [3.63, 3.8) is 0 Å². The van der Waals surface area contributed by atoms with Gasteiger partial charge in [0.1, 0.15) is 11.5 Å². The summed E-state index contributed by atoms with van der Waals surface area (Å²) < 4.78 is 11.0. The molecule has 28 heavy (non-hydrogen) atoms. The van der Waals surface area contributed by atoms with Crippen molar-refractivity contribution in [2.45, 2.75) is 20.0 Å². The average Bonchev–Trinajstić information content (AvgIpc) is 2.72. The Balaban J connectivity index is 1.53. The highest BCUT2D eigenvalue weighted by molar-refractivity contribution is 5.95. The summed E-state index contributed by atoms with van der Waals surface area (Å²) in [5.74, 6) is 0.390. The van der Waals surface area contributed by atoms with Crippen molar-refractivity contribution in [1.29, 1.82) is 0 Å². The van der Waals surface area contributed by atoms with Crippen molar-refractivity contribution >= 4 is 22.6 Å². The van der Waals surface area contributed by atoms with Crippen LogP contribution >= 0.6 is 0 Å². The van der Waals surface area contributed by atoms with Crippen LogP contribution in [0, 0.1) is 0 Å². The van der Waals surface area contributed by atoms with Gasteiger partial charge in [0.2, 0.25) is 0 Å². The molecule has 0 radical (unpaired) electrons. The number of amides is 2. The standard InChI is InChI=1S/C22H22N2O4/c1-3-27-19-11-9-17(10-12-19)22(26)24-23-21(25)15(2)28-20-13-8-16-6-4-5-7-18(16)14-20/h4-15H,3H2,1-2H3,(H,23,25)(H,24,26)/t15-/m0/s1. The predicted molar refractivity (Wildman–Crippen MR) is 107 cm³/mol. The quantitative estimate of drug-likeness (QED) is 0.644. The fourth-order valence-electron chi connectivity index (χ4n) is 2.66. The number of benzene rings is 3. The maximum atomic E-state index is 12.2. The first kappa shape index (κ1) is 19.2. The molecule has 0 fully saturated rings. The molecule has 0 aliphatic carbocycles. The second-order valence-electron chi connectivity index (χ2n) is 6.17. The van der Waals surface area contributed by atoms with Gasteiger partial charge in [0.15, 0.2) is 6.10 Å². The van der Waals surface area contributed by atoms with E-state index >= 15 is 0 Å². The Labute approximate surface area is 163 Å². The summed E-state index contributed by atoms with van der Waals surface area (Å²) in [4.78, 5) is 24.4. The topological polar surface area (TPSA) is 76.7 Å². The fourth-order valence-corrected chi connectivity index (χ4v) is 2.66. The molecule has 0 aliphatic rings. The van der Waals surface area contributed by atoms with Crippen molar-refractivity contribution in [3.05, 3.63) is 72.3 Å². The molecule has 0 saturated carbocycles. The van der Waals surface area contributed by atoms with Crippen LogP contribution in [-0.2, 0) is 4.79 Å². The lowest BCUT2D eigenvalue weighted by Gasteiger charge is -2.15. The minimum Gasteiger partial charge on any atom is -0.494 e. The first-order valence-corrected chi connectivity index (χ1v) is 9.05. The van der Waals surface area contributed by atoms with Crippen molar-refractivity contribution < 1.29 is 19.1 Å². The predicted octanol–water partition coefficient (Wildman–Crippen LogP) is 3.47. The number of carbonyl (C=O) groups is 2. The minimum atomic E-state index is -0.776. The lowest BCUT2D eigenvalue weighted by Crippen LogP contribution is -2.47. The molecule has 2 amide bonds. The van der Waals surface area contributed by atoms with Gasteiger partial charge in [0.05, 0.1) is 6.61 Å². The van der Waals surface area contributed by atoms with Gasteiger partial charge in [-0.25, -0.2) is 0 Å². The molecule has 0 saturated heterocycles. The van der Waals surface area contributed by atoms with Crippen LogP contribution in [0.5, 0.6) is 11.5 Å². The van der Waals surface area contributed by atoms with E-state index in [0.29, 0.717) is 23.7 Å². The molecule has 0 bridgehead atoms. The fraction of sp³-hybridized carbons (Fsp3) is 0.182. The van der Waals surface area contributed by atoms with E-state index in [0.717, 1.165) is 10.8 Å². The monoisotopic (exact) mass is 378 g/mol. The molecule has 1 atom stereocenters. The normalized spacial score (nSPS) is 11.5. The van der Waals surface area contributed by atoms with Crippen LogP contribution in [0.1, 0.15) is 24.2 Å². The van der Waals surface area contributed by atoms with Crippen molar-refractivity contribution in [1.82, 2.24) is 10.9 Å². The molecule has 3 aromatic rings. The third-order valence-corrected chi connectivity index (χ3v) is 4.13. The molecule has 6 heteroatoms. The lowest BCUT2D eigenvalue weighted by molar-refractivity contribution is -0.128. The average molecular weight is 378 g/mol. The zero-order valence-corrected chi connectivity index (χ0v) is 15.8. The van der Waals surface area contributed by atoms with E-state index in [2.05, 4.69) is 10.9 Å². The number of hydrazine groups is 1. The van der Waals surface area contributed by atoms with Gasteiger partial charge in [-0.1, -0.05) is 30.3 Å².